The van der Waals surface area contributed by atoms with E-state index in [1.165, 1.54) is 38.9 Å². The molecule has 2 N–H and O–H groups in total. The molecule has 0 aliphatic carbocycles. The SMILES string of the molecule is Oc1ccccc1CNCCCN1CCCC1. The average molecular weight is 234 g/mol. The van der Waals surface area contributed by atoms with Gasteiger partial charge in [-0.05, 0) is 51.5 Å². The molecule has 0 atom stereocenters. The lowest BCUT2D eigenvalue weighted by Crippen LogP contribution is -2.24. The van der Waals surface area contributed by atoms with Crippen LogP contribution >= 0.6 is 0 Å². The summed E-state index contributed by atoms with van der Waals surface area (Å²) in [6.07, 6.45) is 3.92. The molecule has 0 aromatic heterocycles. The number of nitrogens with zero attached hydrogens (tertiary/aromatic N) is 1. The first-order valence-corrected chi connectivity index (χ1v) is 6.56. The average Bonchev–Trinajstić information content (AvgIpc) is 2.84. The van der Waals surface area contributed by atoms with E-state index >= 15 is 0 Å². The van der Waals surface area contributed by atoms with Crippen LogP contribution < -0.4 is 5.32 Å². The lowest BCUT2D eigenvalue weighted by Gasteiger charge is -2.14. The quantitative estimate of drug-likeness (QED) is 0.739. The summed E-state index contributed by atoms with van der Waals surface area (Å²) in [6.45, 7) is 5.53. The van der Waals surface area contributed by atoms with E-state index in [9.17, 15) is 5.11 Å². The van der Waals surface area contributed by atoms with E-state index in [1.54, 1.807) is 6.07 Å². The van der Waals surface area contributed by atoms with Crippen LogP contribution in [-0.2, 0) is 6.54 Å². The van der Waals surface area contributed by atoms with Crippen LogP contribution in [0.1, 0.15) is 24.8 Å². The second-order valence-electron chi connectivity index (χ2n) is 4.71. The van der Waals surface area contributed by atoms with Crippen LogP contribution in [0.4, 0.5) is 0 Å². The first-order chi connectivity index (χ1) is 8.36. The maximum absolute atomic E-state index is 9.59. The third-order valence-corrected chi connectivity index (χ3v) is 3.33. The molecular weight excluding hydrogens is 212 g/mol. The van der Waals surface area contributed by atoms with Crippen molar-refractivity contribution in [3.8, 4) is 5.75 Å². The Labute approximate surface area is 103 Å². The Morgan fingerprint density at radius 3 is 2.71 bits per heavy atom. The molecule has 1 saturated heterocycles. The summed E-state index contributed by atoms with van der Waals surface area (Å²) in [5.74, 6) is 0.388. The van der Waals surface area contributed by atoms with Crippen molar-refractivity contribution in [1.82, 2.24) is 10.2 Å². The maximum atomic E-state index is 9.59. The van der Waals surface area contributed by atoms with Crippen LogP contribution in [0.25, 0.3) is 0 Å². The molecule has 2 rings (SSSR count). The minimum atomic E-state index is 0.388. The Hall–Kier alpha value is -1.06. The topological polar surface area (TPSA) is 35.5 Å². The molecule has 1 aromatic rings. The zero-order valence-electron chi connectivity index (χ0n) is 10.4. The van der Waals surface area contributed by atoms with Crippen molar-refractivity contribution in [1.29, 1.82) is 0 Å². The zero-order valence-corrected chi connectivity index (χ0v) is 10.4. The Kier molecular flexibility index (Phi) is 4.83. The highest BCUT2D eigenvalue weighted by molar-refractivity contribution is 5.31. The molecule has 1 aromatic carbocycles. The van der Waals surface area contributed by atoms with Gasteiger partial charge in [-0.3, -0.25) is 0 Å². The van der Waals surface area contributed by atoms with Crippen molar-refractivity contribution in [2.24, 2.45) is 0 Å². The standard InChI is InChI=1S/C14H22N2O/c17-14-7-2-1-6-13(14)12-15-8-5-11-16-9-3-4-10-16/h1-2,6-7,15,17H,3-5,8-12H2. The first kappa shape index (κ1) is 12.4. The minimum absolute atomic E-state index is 0.388. The summed E-state index contributed by atoms with van der Waals surface area (Å²) >= 11 is 0. The highest BCUT2D eigenvalue weighted by Gasteiger charge is 2.09. The highest BCUT2D eigenvalue weighted by atomic mass is 16.3. The molecule has 1 heterocycles. The van der Waals surface area contributed by atoms with Crippen molar-refractivity contribution < 1.29 is 5.11 Å². The minimum Gasteiger partial charge on any atom is -0.508 e. The molecule has 0 radical (unpaired) electrons. The van der Waals surface area contributed by atoms with E-state index in [-0.39, 0.29) is 0 Å². The maximum Gasteiger partial charge on any atom is 0.120 e. The van der Waals surface area contributed by atoms with Gasteiger partial charge < -0.3 is 15.3 Å². The number of hydrogen-bond donors (Lipinski definition) is 2. The third kappa shape index (κ3) is 4.02. The van der Waals surface area contributed by atoms with E-state index in [1.807, 2.05) is 18.2 Å². The smallest absolute Gasteiger partial charge is 0.120 e. The summed E-state index contributed by atoms with van der Waals surface area (Å²) in [4.78, 5) is 2.53. The lowest BCUT2D eigenvalue weighted by molar-refractivity contribution is 0.331. The Bertz CT molecular complexity index is 335. The number of para-hydroxylation sites is 1. The zero-order chi connectivity index (χ0) is 11.9. The summed E-state index contributed by atoms with van der Waals surface area (Å²) < 4.78 is 0. The molecule has 0 saturated carbocycles. The van der Waals surface area contributed by atoms with Gasteiger partial charge in [-0.15, -0.1) is 0 Å². The van der Waals surface area contributed by atoms with Crippen molar-refractivity contribution in [2.45, 2.75) is 25.8 Å². The van der Waals surface area contributed by atoms with Crippen molar-refractivity contribution in [3.05, 3.63) is 29.8 Å². The van der Waals surface area contributed by atoms with Crippen molar-refractivity contribution >= 4 is 0 Å². The fraction of sp³-hybridized carbons (Fsp3) is 0.571. The Balaban J connectivity index is 1.58. The van der Waals surface area contributed by atoms with E-state index in [2.05, 4.69) is 10.2 Å². The number of phenols is 1. The molecule has 3 heteroatoms. The summed E-state index contributed by atoms with van der Waals surface area (Å²) in [5, 5.41) is 13.0. The molecule has 17 heavy (non-hydrogen) atoms. The largest absolute Gasteiger partial charge is 0.508 e. The van der Waals surface area contributed by atoms with Gasteiger partial charge in [0.15, 0.2) is 0 Å². The fourth-order valence-corrected chi connectivity index (χ4v) is 2.32. The molecule has 1 aliphatic rings. The van der Waals surface area contributed by atoms with E-state index < -0.39 is 0 Å². The number of hydrogen-bond acceptors (Lipinski definition) is 3. The molecule has 1 fully saturated rings. The van der Waals surface area contributed by atoms with Crippen LogP contribution in [-0.4, -0.2) is 36.2 Å². The molecule has 3 nitrogen and oxygen atoms in total. The number of aromatic hydroxyl groups is 1. The fourth-order valence-electron chi connectivity index (χ4n) is 2.32. The predicted molar refractivity (Wildman–Crippen MR) is 70.1 cm³/mol. The summed E-state index contributed by atoms with van der Waals surface area (Å²) in [5.41, 5.74) is 0.980. The number of phenolic OH excluding ortho intramolecular Hbond substituents is 1. The van der Waals surface area contributed by atoms with E-state index in [4.69, 9.17) is 0 Å². The van der Waals surface area contributed by atoms with Gasteiger partial charge in [-0.1, -0.05) is 18.2 Å². The number of likely N-dealkylation sites (tertiary alicyclic amines) is 1. The van der Waals surface area contributed by atoms with E-state index in [0.29, 0.717) is 5.75 Å². The lowest BCUT2D eigenvalue weighted by atomic mass is 10.2. The van der Waals surface area contributed by atoms with Gasteiger partial charge in [0, 0.05) is 12.1 Å². The first-order valence-electron chi connectivity index (χ1n) is 6.56. The molecular formula is C14H22N2O. The second kappa shape index (κ2) is 6.62. The van der Waals surface area contributed by atoms with Gasteiger partial charge in [0.2, 0.25) is 0 Å². The van der Waals surface area contributed by atoms with Crippen LogP contribution in [0.5, 0.6) is 5.75 Å². The normalized spacial score (nSPS) is 16.5. The Morgan fingerprint density at radius 2 is 1.94 bits per heavy atom. The van der Waals surface area contributed by atoms with Gasteiger partial charge >= 0.3 is 0 Å². The molecule has 0 bridgehead atoms. The van der Waals surface area contributed by atoms with Crippen molar-refractivity contribution in [2.75, 3.05) is 26.2 Å². The monoisotopic (exact) mass is 234 g/mol. The molecule has 0 unspecified atom stereocenters. The third-order valence-electron chi connectivity index (χ3n) is 3.33. The van der Waals surface area contributed by atoms with Crippen LogP contribution in [0, 0.1) is 0 Å². The van der Waals surface area contributed by atoms with Gasteiger partial charge in [0.25, 0.3) is 0 Å². The van der Waals surface area contributed by atoms with Crippen LogP contribution in [0.3, 0.4) is 0 Å². The second-order valence-corrected chi connectivity index (χ2v) is 4.71. The number of benzene rings is 1. The Morgan fingerprint density at radius 1 is 1.18 bits per heavy atom. The predicted octanol–water partition coefficient (Wildman–Crippen LogP) is 1.97. The van der Waals surface area contributed by atoms with Gasteiger partial charge in [0.05, 0.1) is 0 Å². The molecule has 1 aliphatic heterocycles. The molecule has 0 spiro atoms. The number of rotatable bonds is 6. The van der Waals surface area contributed by atoms with E-state index in [0.717, 1.165) is 18.7 Å². The molecule has 94 valence electrons. The van der Waals surface area contributed by atoms with Gasteiger partial charge in [-0.2, -0.15) is 0 Å². The van der Waals surface area contributed by atoms with Crippen LogP contribution in [0.15, 0.2) is 24.3 Å². The summed E-state index contributed by atoms with van der Waals surface area (Å²) in [7, 11) is 0. The molecule has 0 amide bonds. The van der Waals surface area contributed by atoms with Gasteiger partial charge in [-0.25, -0.2) is 0 Å². The number of nitrogens with one attached hydrogen (secondary N) is 1. The van der Waals surface area contributed by atoms with Crippen molar-refractivity contribution in [3.63, 3.8) is 0 Å². The summed E-state index contributed by atoms with van der Waals surface area (Å²) in [6, 6.07) is 7.51. The highest BCUT2D eigenvalue weighted by Crippen LogP contribution is 2.14. The van der Waals surface area contributed by atoms with Gasteiger partial charge in [0.1, 0.15) is 5.75 Å². The van der Waals surface area contributed by atoms with Crippen LogP contribution in [0.2, 0.25) is 0 Å².